The third-order valence-corrected chi connectivity index (χ3v) is 8.42. The van der Waals surface area contributed by atoms with Crippen LogP contribution in [0.25, 0.3) is 22.3 Å². The average Bonchev–Trinajstić information content (AvgIpc) is 3.55. The van der Waals surface area contributed by atoms with Crippen LogP contribution in [0.2, 0.25) is 0 Å². The van der Waals surface area contributed by atoms with Gasteiger partial charge in [0.15, 0.2) is 0 Å². The molecule has 0 unspecified atom stereocenters. The van der Waals surface area contributed by atoms with E-state index in [-0.39, 0.29) is 16.7 Å². The summed E-state index contributed by atoms with van der Waals surface area (Å²) in [5, 5.41) is 10.9. The molecule has 8 heteroatoms. The number of benzene rings is 4. The molecule has 0 heterocycles. The van der Waals surface area contributed by atoms with Gasteiger partial charge in [-0.15, -0.1) is 0 Å². The zero-order chi connectivity index (χ0) is 30.0. The molecule has 1 aliphatic rings. The Morgan fingerprint density at radius 2 is 1.31 bits per heavy atom. The Kier molecular flexibility index (Phi) is 10.6. The topological polar surface area (TPSA) is 118 Å². The van der Waals surface area contributed by atoms with Crippen molar-refractivity contribution in [2.75, 3.05) is 0 Å². The lowest BCUT2D eigenvalue weighted by molar-refractivity contribution is -0.125. The summed E-state index contributed by atoms with van der Waals surface area (Å²) in [4.78, 5) is 22.4. The molecule has 4 aromatic rings. The Balaban J connectivity index is 0.000000208. The Labute approximate surface area is 248 Å². The van der Waals surface area contributed by atoms with Crippen molar-refractivity contribution in [2.45, 2.75) is 50.6 Å². The van der Waals surface area contributed by atoms with Crippen LogP contribution >= 0.6 is 0 Å². The van der Waals surface area contributed by atoms with Crippen LogP contribution < -0.4 is 15.8 Å². The van der Waals surface area contributed by atoms with E-state index >= 15 is 0 Å². The summed E-state index contributed by atoms with van der Waals surface area (Å²) in [7, 11) is -3.78. The molecule has 7 nitrogen and oxygen atoms in total. The molecule has 1 saturated carbocycles. The van der Waals surface area contributed by atoms with Crippen LogP contribution in [0.5, 0.6) is 0 Å². The summed E-state index contributed by atoms with van der Waals surface area (Å²) in [5.41, 5.74) is 7.16. The van der Waals surface area contributed by atoms with Crippen molar-refractivity contribution in [1.29, 1.82) is 0 Å². The van der Waals surface area contributed by atoms with Crippen molar-refractivity contribution >= 4 is 22.3 Å². The van der Waals surface area contributed by atoms with Gasteiger partial charge in [0.05, 0.1) is 4.90 Å². The van der Waals surface area contributed by atoms with Crippen LogP contribution in [0, 0.1) is 12.8 Å². The second kappa shape index (κ2) is 14.6. The van der Waals surface area contributed by atoms with Gasteiger partial charge in [0.1, 0.15) is 0 Å². The molecule has 2 amide bonds. The lowest BCUT2D eigenvalue weighted by atomic mass is 10.00. The largest absolute Gasteiger partial charge is 0.355 e. The van der Waals surface area contributed by atoms with Crippen molar-refractivity contribution in [3.8, 4) is 22.3 Å². The lowest BCUT2D eigenvalue weighted by Crippen LogP contribution is -2.28. The molecule has 4 N–H and O–H groups in total. The first-order chi connectivity index (χ1) is 20.3. The highest BCUT2D eigenvalue weighted by Crippen LogP contribution is 2.27. The molecule has 0 saturated heterocycles. The maximum Gasteiger partial charge on any atom is 0.238 e. The van der Waals surface area contributed by atoms with Crippen LogP contribution in [-0.2, 0) is 32.7 Å². The number of nitrogens with one attached hydrogen (secondary N) is 2. The number of nitrogens with two attached hydrogens (primary N) is 1. The zero-order valence-corrected chi connectivity index (χ0v) is 24.6. The van der Waals surface area contributed by atoms with Crippen LogP contribution in [0.15, 0.2) is 102 Å². The predicted molar refractivity (Wildman–Crippen MR) is 167 cm³/mol. The first-order valence-electron chi connectivity index (χ1n) is 14.1. The van der Waals surface area contributed by atoms with E-state index < -0.39 is 10.0 Å². The quantitative estimate of drug-likeness (QED) is 0.219. The van der Waals surface area contributed by atoms with Gasteiger partial charge in [-0.2, -0.15) is 0 Å². The molecule has 0 radical (unpaired) electrons. The van der Waals surface area contributed by atoms with Gasteiger partial charge in [-0.25, -0.2) is 13.6 Å². The molecule has 5 rings (SSSR count). The first kappa shape index (κ1) is 30.7. The van der Waals surface area contributed by atoms with E-state index in [1.165, 1.54) is 22.8 Å². The molecule has 1 fully saturated rings. The van der Waals surface area contributed by atoms with Gasteiger partial charge in [-0.1, -0.05) is 104 Å². The average molecular weight is 584 g/mol. The minimum absolute atomic E-state index is 0.109. The number of primary sulfonamides is 1. The third kappa shape index (κ3) is 8.38. The fraction of sp³-hybridized carbons (Fsp3) is 0.235. The molecule has 42 heavy (non-hydrogen) atoms. The third-order valence-electron chi connectivity index (χ3n) is 7.45. The molecular weight excluding hydrogens is 546 g/mol. The fourth-order valence-corrected chi connectivity index (χ4v) is 5.90. The van der Waals surface area contributed by atoms with Crippen molar-refractivity contribution in [3.63, 3.8) is 0 Å². The Hall–Kier alpha value is -4.27. The highest BCUT2D eigenvalue weighted by molar-refractivity contribution is 7.89. The Bertz CT molecular complexity index is 1590. The van der Waals surface area contributed by atoms with E-state index in [4.69, 9.17) is 5.14 Å². The number of carbonyl (C=O) groups excluding carboxylic acids is 2. The van der Waals surface area contributed by atoms with Gasteiger partial charge in [0, 0.05) is 24.6 Å². The van der Waals surface area contributed by atoms with Crippen LogP contribution in [0.1, 0.15) is 42.4 Å². The number of carbonyl (C=O) groups is 2. The molecular formula is C34H37N3O4S. The monoisotopic (exact) mass is 583 g/mol. The summed E-state index contributed by atoms with van der Waals surface area (Å²) in [6.07, 6.45) is 4.95. The molecule has 1 aliphatic carbocycles. The summed E-state index contributed by atoms with van der Waals surface area (Å²) in [5.74, 6) is 0.280. The van der Waals surface area contributed by atoms with Crippen molar-refractivity contribution < 1.29 is 18.0 Å². The van der Waals surface area contributed by atoms with E-state index in [0.717, 1.165) is 48.8 Å². The Morgan fingerprint density at radius 1 is 0.786 bits per heavy atom. The Morgan fingerprint density at radius 3 is 1.88 bits per heavy atom. The van der Waals surface area contributed by atoms with Gasteiger partial charge in [0.2, 0.25) is 22.3 Å². The number of amides is 2. The summed E-state index contributed by atoms with van der Waals surface area (Å²) in [6.45, 7) is 3.17. The first-order valence-corrected chi connectivity index (χ1v) is 15.6. The molecule has 0 spiro atoms. The molecule has 0 bridgehead atoms. The standard InChI is InChI=1S/C19H22N2O3S.C15H15NO/c20-25(23,24)18-8-4-3-7-17(18)15-11-9-14(10-12-15)13-21-19(22)16-5-1-2-6-16;1-12-4-2-3-5-15(12)14-8-6-13(7-9-14)10-16-11-17/h3-4,7-12,16H,1-2,5-6,13H2,(H,21,22)(H2,20,23,24);2-9,11H,10H2,1H3,(H,16,17). The maximum absolute atomic E-state index is 12.1. The van der Waals surface area contributed by atoms with E-state index in [2.05, 4.69) is 41.8 Å². The van der Waals surface area contributed by atoms with Crippen LogP contribution in [0.4, 0.5) is 0 Å². The van der Waals surface area contributed by atoms with Crippen LogP contribution in [-0.4, -0.2) is 20.7 Å². The normalized spacial score (nSPS) is 13.1. The minimum atomic E-state index is -3.78. The zero-order valence-electron chi connectivity index (χ0n) is 23.8. The molecule has 218 valence electrons. The second-order valence-corrected chi connectivity index (χ2v) is 12.0. The van der Waals surface area contributed by atoms with Crippen molar-refractivity contribution in [2.24, 2.45) is 11.1 Å². The SMILES string of the molecule is Cc1ccccc1-c1ccc(CNC=O)cc1.NS(=O)(=O)c1ccccc1-c1ccc(CNC(=O)C2CCCC2)cc1. The molecule has 4 aromatic carbocycles. The number of rotatable bonds is 9. The maximum atomic E-state index is 12.1. The second-order valence-electron chi connectivity index (χ2n) is 10.4. The van der Waals surface area contributed by atoms with E-state index in [1.54, 1.807) is 18.2 Å². The molecule has 0 atom stereocenters. The minimum Gasteiger partial charge on any atom is -0.355 e. The van der Waals surface area contributed by atoms with Gasteiger partial charge >= 0.3 is 0 Å². The summed E-state index contributed by atoms with van der Waals surface area (Å²) in [6, 6.07) is 30.7. The van der Waals surface area contributed by atoms with Gasteiger partial charge in [-0.05, 0) is 59.2 Å². The molecule has 0 aliphatic heterocycles. The fourth-order valence-electron chi connectivity index (χ4n) is 5.14. The predicted octanol–water partition coefficient (Wildman–Crippen LogP) is 5.72. The van der Waals surface area contributed by atoms with E-state index in [9.17, 15) is 18.0 Å². The van der Waals surface area contributed by atoms with E-state index in [1.807, 2.05) is 48.5 Å². The van der Waals surface area contributed by atoms with Crippen molar-refractivity contribution in [1.82, 2.24) is 10.6 Å². The number of aryl methyl sites for hydroxylation is 1. The van der Waals surface area contributed by atoms with Gasteiger partial charge in [-0.3, -0.25) is 9.59 Å². The highest BCUT2D eigenvalue weighted by Gasteiger charge is 2.22. The molecule has 0 aromatic heterocycles. The number of sulfonamides is 1. The van der Waals surface area contributed by atoms with E-state index in [0.29, 0.717) is 18.7 Å². The highest BCUT2D eigenvalue weighted by atomic mass is 32.2. The lowest BCUT2D eigenvalue weighted by Gasteiger charge is -2.11. The summed E-state index contributed by atoms with van der Waals surface area (Å²) < 4.78 is 23.5. The van der Waals surface area contributed by atoms with Crippen molar-refractivity contribution in [3.05, 3.63) is 114 Å². The van der Waals surface area contributed by atoms with Gasteiger partial charge in [0.25, 0.3) is 0 Å². The number of hydrogen-bond donors (Lipinski definition) is 3. The number of hydrogen-bond acceptors (Lipinski definition) is 4. The van der Waals surface area contributed by atoms with Gasteiger partial charge < -0.3 is 10.6 Å². The van der Waals surface area contributed by atoms with Crippen LogP contribution in [0.3, 0.4) is 0 Å². The smallest absolute Gasteiger partial charge is 0.238 e. The summed E-state index contributed by atoms with van der Waals surface area (Å²) >= 11 is 0.